The van der Waals surface area contributed by atoms with Crippen LogP contribution in [0.1, 0.15) is 27.9 Å². The van der Waals surface area contributed by atoms with E-state index in [1.165, 1.54) is 11.5 Å². The van der Waals surface area contributed by atoms with Crippen LogP contribution in [0.5, 0.6) is 0 Å². The molecule has 108 valence electrons. The van der Waals surface area contributed by atoms with E-state index in [1.807, 2.05) is 0 Å². The molecule has 3 rings (SSSR count). The molecule has 1 aromatic carbocycles. The molecular formula is C14H17FN2O3. The smallest absolute Gasteiger partial charge is 0.274 e. The maximum absolute atomic E-state index is 14.2. The summed E-state index contributed by atoms with van der Waals surface area (Å²) in [6.45, 7) is 2.87. The summed E-state index contributed by atoms with van der Waals surface area (Å²) < 4.78 is 19.5. The second-order valence-electron chi connectivity index (χ2n) is 5.27. The number of halogens is 1. The molecule has 2 N–H and O–H groups in total. The number of nitrogens with zero attached hydrogens (tertiary/aromatic N) is 1. The Morgan fingerprint density at radius 2 is 2.35 bits per heavy atom. The van der Waals surface area contributed by atoms with Gasteiger partial charge in [-0.05, 0) is 30.5 Å². The lowest BCUT2D eigenvalue weighted by molar-refractivity contribution is 0.0705. The van der Waals surface area contributed by atoms with Crippen LogP contribution >= 0.6 is 0 Å². The van der Waals surface area contributed by atoms with Gasteiger partial charge < -0.3 is 4.74 Å². The molecule has 1 amide bonds. The molecule has 1 aromatic rings. The lowest BCUT2D eigenvalue weighted by atomic mass is 9.95. The largest absolute Gasteiger partial charge is 0.380 e. The third-order valence-electron chi connectivity index (χ3n) is 4.10. The van der Waals surface area contributed by atoms with Gasteiger partial charge >= 0.3 is 0 Å². The molecule has 1 atom stereocenters. The molecular weight excluding hydrogens is 263 g/mol. The lowest BCUT2D eigenvalue weighted by Crippen LogP contribution is -2.40. The Bertz CT molecular complexity index is 529. The number of benzene rings is 1. The summed E-state index contributed by atoms with van der Waals surface area (Å²) in [5.41, 5.74) is 3.19. The Labute approximate surface area is 116 Å². The van der Waals surface area contributed by atoms with Crippen molar-refractivity contribution in [2.75, 3.05) is 19.8 Å². The quantitative estimate of drug-likeness (QED) is 0.629. The van der Waals surface area contributed by atoms with Crippen molar-refractivity contribution in [2.24, 2.45) is 0 Å². The van der Waals surface area contributed by atoms with E-state index in [0.29, 0.717) is 31.2 Å². The van der Waals surface area contributed by atoms with E-state index in [9.17, 15) is 9.18 Å². The fourth-order valence-electron chi connectivity index (χ4n) is 2.96. The van der Waals surface area contributed by atoms with Gasteiger partial charge in [-0.15, -0.1) is 0 Å². The molecule has 5 nitrogen and oxygen atoms in total. The molecule has 2 aliphatic rings. The maximum Gasteiger partial charge on any atom is 0.274 e. The van der Waals surface area contributed by atoms with Crippen LogP contribution < -0.4 is 5.48 Å². The normalized spacial score (nSPS) is 22.6. The molecule has 1 saturated heterocycles. The summed E-state index contributed by atoms with van der Waals surface area (Å²) in [6.07, 6.45) is 1.69. The number of ether oxygens (including phenoxy) is 1. The first-order valence-corrected chi connectivity index (χ1v) is 6.76. The summed E-state index contributed by atoms with van der Waals surface area (Å²) in [6, 6.07) is 3.20. The van der Waals surface area contributed by atoms with Crippen LogP contribution in [0.4, 0.5) is 4.39 Å². The van der Waals surface area contributed by atoms with Gasteiger partial charge in [-0.3, -0.25) is 14.9 Å². The van der Waals surface area contributed by atoms with E-state index in [0.717, 1.165) is 25.1 Å². The fourth-order valence-corrected chi connectivity index (χ4v) is 2.96. The highest BCUT2D eigenvalue weighted by atomic mass is 19.1. The van der Waals surface area contributed by atoms with E-state index in [4.69, 9.17) is 9.94 Å². The van der Waals surface area contributed by atoms with E-state index in [1.54, 1.807) is 6.07 Å². The SMILES string of the molecule is O=C(NO)c1cc(F)c2c(c1)CCN([C@H]1CCOC1)C2. The maximum atomic E-state index is 14.2. The Morgan fingerprint density at radius 1 is 1.50 bits per heavy atom. The van der Waals surface area contributed by atoms with Crippen molar-refractivity contribution in [1.82, 2.24) is 10.4 Å². The lowest BCUT2D eigenvalue weighted by Gasteiger charge is -2.33. The molecule has 0 spiro atoms. The zero-order valence-corrected chi connectivity index (χ0v) is 11.1. The number of rotatable bonds is 2. The molecule has 1 fully saturated rings. The van der Waals surface area contributed by atoms with Gasteiger partial charge in [-0.2, -0.15) is 0 Å². The van der Waals surface area contributed by atoms with Gasteiger partial charge in [0.15, 0.2) is 0 Å². The first kappa shape index (κ1) is 13.5. The van der Waals surface area contributed by atoms with E-state index < -0.39 is 5.91 Å². The van der Waals surface area contributed by atoms with Crippen molar-refractivity contribution in [3.63, 3.8) is 0 Å². The minimum absolute atomic E-state index is 0.154. The van der Waals surface area contributed by atoms with Gasteiger partial charge in [0.05, 0.1) is 6.61 Å². The number of amides is 1. The first-order chi connectivity index (χ1) is 9.69. The van der Waals surface area contributed by atoms with Crippen molar-refractivity contribution < 1.29 is 19.1 Å². The third kappa shape index (κ3) is 2.42. The van der Waals surface area contributed by atoms with Gasteiger partial charge in [-0.1, -0.05) is 0 Å². The molecule has 6 heteroatoms. The summed E-state index contributed by atoms with van der Waals surface area (Å²) in [4.78, 5) is 13.6. The number of hydroxylamine groups is 1. The van der Waals surface area contributed by atoms with Crippen molar-refractivity contribution in [1.29, 1.82) is 0 Å². The van der Waals surface area contributed by atoms with Crippen molar-refractivity contribution in [3.8, 4) is 0 Å². The van der Waals surface area contributed by atoms with Crippen LogP contribution in [-0.4, -0.2) is 41.8 Å². The molecule has 0 aromatic heterocycles. The van der Waals surface area contributed by atoms with Crippen LogP contribution in [0, 0.1) is 5.82 Å². The molecule has 2 heterocycles. The standard InChI is InChI=1S/C14H17FN2O3/c15-13-6-10(14(18)16-19)5-9-1-3-17(7-12(9)13)11-2-4-20-8-11/h5-6,11,19H,1-4,7-8H2,(H,16,18)/t11-/m0/s1. The molecule has 0 saturated carbocycles. The molecule has 20 heavy (non-hydrogen) atoms. The van der Waals surface area contributed by atoms with Gasteiger partial charge in [0.25, 0.3) is 5.91 Å². The number of fused-ring (bicyclic) bond motifs is 1. The topological polar surface area (TPSA) is 61.8 Å². The zero-order chi connectivity index (χ0) is 14.1. The number of hydrogen-bond acceptors (Lipinski definition) is 4. The average Bonchev–Trinajstić information content (AvgIpc) is 3.00. The second kappa shape index (κ2) is 5.47. The van der Waals surface area contributed by atoms with Crippen LogP contribution in [0.25, 0.3) is 0 Å². The van der Waals surface area contributed by atoms with Crippen LogP contribution in [0.2, 0.25) is 0 Å². The predicted molar refractivity (Wildman–Crippen MR) is 69.0 cm³/mol. The first-order valence-electron chi connectivity index (χ1n) is 6.76. The zero-order valence-electron chi connectivity index (χ0n) is 11.1. The van der Waals surface area contributed by atoms with Gasteiger partial charge in [0, 0.05) is 36.9 Å². The summed E-state index contributed by atoms with van der Waals surface area (Å²) in [5.74, 6) is -1.07. The third-order valence-corrected chi connectivity index (χ3v) is 4.10. The minimum atomic E-state index is -0.682. The number of carbonyl (C=O) groups excluding carboxylic acids is 1. The number of nitrogens with one attached hydrogen (secondary N) is 1. The summed E-state index contributed by atoms with van der Waals surface area (Å²) in [7, 11) is 0. The molecule has 0 unspecified atom stereocenters. The van der Waals surface area contributed by atoms with Gasteiger partial charge in [0.1, 0.15) is 5.82 Å². The van der Waals surface area contributed by atoms with Crippen LogP contribution in [-0.2, 0) is 17.7 Å². The Hall–Kier alpha value is -1.50. The molecule has 0 aliphatic carbocycles. The van der Waals surface area contributed by atoms with E-state index in [-0.39, 0.29) is 11.4 Å². The van der Waals surface area contributed by atoms with Gasteiger partial charge in [0.2, 0.25) is 0 Å². The van der Waals surface area contributed by atoms with E-state index in [2.05, 4.69) is 4.90 Å². The molecule has 0 radical (unpaired) electrons. The summed E-state index contributed by atoms with van der Waals surface area (Å²) in [5, 5.41) is 8.62. The van der Waals surface area contributed by atoms with Crippen molar-refractivity contribution in [2.45, 2.75) is 25.4 Å². The Balaban J connectivity index is 1.84. The van der Waals surface area contributed by atoms with Crippen LogP contribution in [0.15, 0.2) is 12.1 Å². The van der Waals surface area contributed by atoms with Gasteiger partial charge in [-0.25, -0.2) is 9.87 Å². The fraction of sp³-hybridized carbons (Fsp3) is 0.500. The number of hydrogen-bond donors (Lipinski definition) is 2. The van der Waals surface area contributed by atoms with Crippen molar-refractivity contribution >= 4 is 5.91 Å². The molecule has 0 bridgehead atoms. The minimum Gasteiger partial charge on any atom is -0.380 e. The van der Waals surface area contributed by atoms with Crippen molar-refractivity contribution in [3.05, 3.63) is 34.6 Å². The highest BCUT2D eigenvalue weighted by Crippen LogP contribution is 2.26. The Kier molecular flexibility index (Phi) is 3.69. The highest BCUT2D eigenvalue weighted by molar-refractivity contribution is 5.93. The monoisotopic (exact) mass is 280 g/mol. The number of carbonyl (C=O) groups is 1. The predicted octanol–water partition coefficient (Wildman–Crippen LogP) is 1.09. The summed E-state index contributed by atoms with van der Waals surface area (Å²) >= 11 is 0. The second-order valence-corrected chi connectivity index (χ2v) is 5.27. The highest BCUT2D eigenvalue weighted by Gasteiger charge is 2.28. The van der Waals surface area contributed by atoms with E-state index >= 15 is 0 Å². The average molecular weight is 280 g/mol. The Morgan fingerprint density at radius 3 is 3.05 bits per heavy atom. The molecule has 2 aliphatic heterocycles. The van der Waals surface area contributed by atoms with Crippen LogP contribution in [0.3, 0.4) is 0 Å².